The molecule has 96 valence electrons. The first-order valence-electron chi connectivity index (χ1n) is 6.09. The number of thioether (sulfide) groups is 1. The van der Waals surface area contributed by atoms with Crippen molar-refractivity contribution < 1.29 is 0 Å². The van der Waals surface area contributed by atoms with E-state index in [1.807, 2.05) is 18.0 Å². The monoisotopic (exact) mass is 278 g/mol. The predicted octanol–water partition coefficient (Wildman–Crippen LogP) is 3.89. The van der Waals surface area contributed by atoms with Crippen LogP contribution in [0.15, 0.2) is 41.4 Å². The second kappa shape index (κ2) is 6.92. The Hall–Kier alpha value is -0.840. The van der Waals surface area contributed by atoms with Gasteiger partial charge in [-0.1, -0.05) is 18.2 Å². The van der Waals surface area contributed by atoms with E-state index in [-0.39, 0.29) is 0 Å². The standard InChI is InChI=1S/C14H18N2S2/c1-11-10-16-14(18-11)12(2)15-8-9-17-13-6-4-3-5-7-13/h3-7,10,12,15H,8-9H2,1-2H3. The number of nitrogens with zero attached hydrogens (tertiary/aromatic N) is 1. The van der Waals surface area contributed by atoms with Crippen molar-refractivity contribution in [1.29, 1.82) is 0 Å². The molecule has 0 amide bonds. The molecule has 0 aliphatic rings. The zero-order valence-corrected chi connectivity index (χ0v) is 12.4. The molecule has 1 N–H and O–H groups in total. The molecule has 1 unspecified atom stereocenters. The molecule has 1 heterocycles. The Morgan fingerprint density at radius 2 is 2.11 bits per heavy atom. The topological polar surface area (TPSA) is 24.9 Å². The molecule has 0 spiro atoms. The average Bonchev–Trinajstić information content (AvgIpc) is 2.82. The number of aryl methyl sites for hydroxylation is 1. The summed E-state index contributed by atoms with van der Waals surface area (Å²) in [5, 5.41) is 4.69. The summed E-state index contributed by atoms with van der Waals surface area (Å²) in [6.07, 6.45) is 1.94. The van der Waals surface area contributed by atoms with Crippen LogP contribution in [0.25, 0.3) is 0 Å². The molecular formula is C14H18N2S2. The zero-order chi connectivity index (χ0) is 12.8. The SMILES string of the molecule is Cc1cnc(C(C)NCCSc2ccccc2)s1. The maximum atomic E-state index is 4.40. The fourth-order valence-corrected chi connectivity index (χ4v) is 3.23. The molecule has 2 rings (SSSR count). The first-order valence-corrected chi connectivity index (χ1v) is 7.89. The third kappa shape index (κ3) is 4.12. The van der Waals surface area contributed by atoms with Crippen LogP contribution >= 0.6 is 23.1 Å². The van der Waals surface area contributed by atoms with Crippen LogP contribution in [0, 0.1) is 6.92 Å². The molecule has 1 aromatic heterocycles. The maximum Gasteiger partial charge on any atom is 0.109 e. The van der Waals surface area contributed by atoms with Gasteiger partial charge in [0.25, 0.3) is 0 Å². The highest BCUT2D eigenvalue weighted by atomic mass is 32.2. The van der Waals surface area contributed by atoms with E-state index < -0.39 is 0 Å². The summed E-state index contributed by atoms with van der Waals surface area (Å²) in [7, 11) is 0. The first kappa shape index (κ1) is 13.6. The Kier molecular flexibility index (Phi) is 5.23. The van der Waals surface area contributed by atoms with Crippen LogP contribution in [0.5, 0.6) is 0 Å². The lowest BCUT2D eigenvalue weighted by molar-refractivity contribution is 0.598. The Balaban J connectivity index is 1.69. The van der Waals surface area contributed by atoms with Gasteiger partial charge >= 0.3 is 0 Å². The third-order valence-electron chi connectivity index (χ3n) is 2.57. The van der Waals surface area contributed by atoms with Gasteiger partial charge in [0.1, 0.15) is 5.01 Å². The molecule has 0 radical (unpaired) electrons. The summed E-state index contributed by atoms with van der Waals surface area (Å²) in [5.74, 6) is 1.08. The van der Waals surface area contributed by atoms with E-state index in [4.69, 9.17) is 0 Å². The van der Waals surface area contributed by atoms with Crippen molar-refractivity contribution in [2.24, 2.45) is 0 Å². The van der Waals surface area contributed by atoms with Gasteiger partial charge in [-0.05, 0) is 26.0 Å². The molecule has 2 nitrogen and oxygen atoms in total. The molecular weight excluding hydrogens is 260 g/mol. The van der Waals surface area contributed by atoms with E-state index >= 15 is 0 Å². The number of hydrogen-bond donors (Lipinski definition) is 1. The van der Waals surface area contributed by atoms with Gasteiger partial charge in [-0.2, -0.15) is 0 Å². The van der Waals surface area contributed by atoms with Crippen LogP contribution in [0.2, 0.25) is 0 Å². The van der Waals surface area contributed by atoms with Crippen LogP contribution in [0.1, 0.15) is 22.9 Å². The number of nitrogens with one attached hydrogen (secondary N) is 1. The number of thiazole rings is 1. The van der Waals surface area contributed by atoms with E-state index in [2.05, 4.69) is 54.5 Å². The van der Waals surface area contributed by atoms with Crippen molar-refractivity contribution in [1.82, 2.24) is 10.3 Å². The fourth-order valence-electron chi connectivity index (χ4n) is 1.62. The summed E-state index contributed by atoms with van der Waals surface area (Å²) >= 11 is 3.65. The zero-order valence-electron chi connectivity index (χ0n) is 10.7. The molecule has 1 aromatic carbocycles. The van der Waals surface area contributed by atoms with Crippen molar-refractivity contribution in [2.45, 2.75) is 24.8 Å². The summed E-state index contributed by atoms with van der Waals surface area (Å²) < 4.78 is 0. The smallest absolute Gasteiger partial charge is 0.109 e. The van der Waals surface area contributed by atoms with E-state index in [0.29, 0.717) is 6.04 Å². The van der Waals surface area contributed by atoms with E-state index in [0.717, 1.165) is 12.3 Å². The minimum atomic E-state index is 0.347. The second-order valence-corrected chi connectivity index (χ2v) is 6.58. The van der Waals surface area contributed by atoms with Crippen LogP contribution in [0.3, 0.4) is 0 Å². The number of aromatic nitrogens is 1. The largest absolute Gasteiger partial charge is 0.307 e. The van der Waals surface area contributed by atoms with Crippen molar-refractivity contribution in [3.05, 3.63) is 46.4 Å². The average molecular weight is 278 g/mol. The fraction of sp³-hybridized carbons (Fsp3) is 0.357. The minimum absolute atomic E-state index is 0.347. The molecule has 0 fully saturated rings. The quantitative estimate of drug-likeness (QED) is 0.641. The number of hydrogen-bond acceptors (Lipinski definition) is 4. The van der Waals surface area contributed by atoms with Crippen LogP contribution in [-0.2, 0) is 0 Å². The number of benzene rings is 1. The van der Waals surface area contributed by atoms with E-state index in [9.17, 15) is 0 Å². The summed E-state index contributed by atoms with van der Waals surface area (Å²) in [6, 6.07) is 10.9. The first-order chi connectivity index (χ1) is 8.75. The normalized spacial score (nSPS) is 12.6. The Morgan fingerprint density at radius 3 is 2.78 bits per heavy atom. The Labute approximate surface area is 117 Å². The van der Waals surface area contributed by atoms with Crippen molar-refractivity contribution in [2.75, 3.05) is 12.3 Å². The molecule has 0 bridgehead atoms. The highest BCUT2D eigenvalue weighted by Gasteiger charge is 2.07. The summed E-state index contributed by atoms with van der Waals surface area (Å²) in [5.41, 5.74) is 0. The van der Waals surface area contributed by atoms with Gasteiger partial charge in [0.05, 0.1) is 6.04 Å². The lowest BCUT2D eigenvalue weighted by atomic mass is 10.3. The number of rotatable bonds is 6. The third-order valence-corrected chi connectivity index (χ3v) is 4.68. The molecule has 2 aromatic rings. The van der Waals surface area contributed by atoms with E-state index in [1.165, 1.54) is 14.8 Å². The lowest BCUT2D eigenvalue weighted by Crippen LogP contribution is -2.21. The summed E-state index contributed by atoms with van der Waals surface area (Å²) in [6.45, 7) is 5.27. The molecule has 0 aliphatic carbocycles. The molecule has 0 aliphatic heterocycles. The highest BCUT2D eigenvalue weighted by Crippen LogP contribution is 2.20. The van der Waals surface area contributed by atoms with Crippen molar-refractivity contribution in [3.63, 3.8) is 0 Å². The Bertz CT molecular complexity index is 468. The molecule has 18 heavy (non-hydrogen) atoms. The van der Waals surface area contributed by atoms with Gasteiger partial charge in [0.2, 0.25) is 0 Å². The predicted molar refractivity (Wildman–Crippen MR) is 80.4 cm³/mol. The molecule has 0 saturated heterocycles. The molecule has 1 atom stereocenters. The summed E-state index contributed by atoms with van der Waals surface area (Å²) in [4.78, 5) is 7.01. The van der Waals surface area contributed by atoms with Gasteiger partial charge in [-0.25, -0.2) is 4.98 Å². The van der Waals surface area contributed by atoms with Gasteiger partial charge in [0, 0.05) is 28.3 Å². The van der Waals surface area contributed by atoms with Crippen LogP contribution in [0.4, 0.5) is 0 Å². The van der Waals surface area contributed by atoms with Crippen LogP contribution in [-0.4, -0.2) is 17.3 Å². The lowest BCUT2D eigenvalue weighted by Gasteiger charge is -2.10. The highest BCUT2D eigenvalue weighted by molar-refractivity contribution is 7.99. The van der Waals surface area contributed by atoms with Gasteiger partial charge < -0.3 is 5.32 Å². The van der Waals surface area contributed by atoms with Crippen LogP contribution < -0.4 is 5.32 Å². The molecule has 0 saturated carbocycles. The molecule has 4 heteroatoms. The van der Waals surface area contributed by atoms with Crippen molar-refractivity contribution >= 4 is 23.1 Å². The van der Waals surface area contributed by atoms with Gasteiger partial charge in [-0.3, -0.25) is 0 Å². The minimum Gasteiger partial charge on any atom is -0.307 e. The van der Waals surface area contributed by atoms with Crippen molar-refractivity contribution in [3.8, 4) is 0 Å². The maximum absolute atomic E-state index is 4.40. The second-order valence-electron chi connectivity index (χ2n) is 4.15. The van der Waals surface area contributed by atoms with Gasteiger partial charge in [0.15, 0.2) is 0 Å². The van der Waals surface area contributed by atoms with E-state index in [1.54, 1.807) is 11.3 Å². The van der Waals surface area contributed by atoms with Gasteiger partial charge in [-0.15, -0.1) is 23.1 Å². The Morgan fingerprint density at radius 1 is 1.33 bits per heavy atom.